The molecule has 1 N–H and O–H groups in total. The number of hydrogen-bond donors (Lipinski definition) is 1. The number of aromatic nitrogens is 3. The van der Waals surface area contributed by atoms with Gasteiger partial charge in [0.1, 0.15) is 11.6 Å². The van der Waals surface area contributed by atoms with E-state index in [0.29, 0.717) is 22.1 Å². The molecule has 0 spiro atoms. The van der Waals surface area contributed by atoms with E-state index in [1.54, 1.807) is 42.5 Å². The molecule has 144 valence electrons. The van der Waals surface area contributed by atoms with E-state index in [-0.39, 0.29) is 11.5 Å². The molecule has 1 heterocycles. The Morgan fingerprint density at radius 2 is 1.66 bits per heavy atom. The third-order valence-electron chi connectivity index (χ3n) is 4.07. The number of carbonyl (C=O) groups is 1. The second kappa shape index (κ2) is 7.81. The normalized spacial score (nSPS) is 10.7. The summed E-state index contributed by atoms with van der Waals surface area (Å²) in [6.07, 6.45) is 0. The van der Waals surface area contributed by atoms with Gasteiger partial charge in [0.25, 0.3) is 5.91 Å². The van der Waals surface area contributed by atoms with Crippen LogP contribution in [0.25, 0.3) is 17.1 Å². The van der Waals surface area contributed by atoms with Crippen LogP contribution < -0.4 is 5.32 Å². The molecule has 0 unspecified atom stereocenters. The van der Waals surface area contributed by atoms with Crippen LogP contribution in [0.4, 0.5) is 14.5 Å². The molecule has 0 saturated heterocycles. The van der Waals surface area contributed by atoms with E-state index in [9.17, 15) is 13.6 Å². The van der Waals surface area contributed by atoms with Gasteiger partial charge in [0, 0.05) is 16.3 Å². The minimum absolute atomic E-state index is 0.122. The van der Waals surface area contributed by atoms with Crippen molar-refractivity contribution in [2.75, 3.05) is 5.32 Å². The monoisotopic (exact) mass is 410 g/mol. The van der Waals surface area contributed by atoms with Crippen LogP contribution in [-0.2, 0) is 0 Å². The molecule has 4 aromatic rings. The van der Waals surface area contributed by atoms with Gasteiger partial charge in [0.2, 0.25) is 5.82 Å². The fourth-order valence-electron chi connectivity index (χ4n) is 2.71. The first-order valence-electron chi connectivity index (χ1n) is 8.55. The summed E-state index contributed by atoms with van der Waals surface area (Å²) in [5.74, 6) is -1.25. The molecule has 0 fully saturated rings. The highest BCUT2D eigenvalue weighted by Gasteiger charge is 2.19. The predicted molar refractivity (Wildman–Crippen MR) is 106 cm³/mol. The SMILES string of the molecule is O=C(Nc1cccc(F)c1)c1nc(-c2ccc(F)cc2)n(-c2ccc(Cl)cc2)n1. The molecular weight excluding hydrogens is 398 g/mol. The lowest BCUT2D eigenvalue weighted by molar-refractivity contribution is 0.101. The highest BCUT2D eigenvalue weighted by Crippen LogP contribution is 2.23. The van der Waals surface area contributed by atoms with Crippen molar-refractivity contribution in [3.63, 3.8) is 0 Å². The Bertz CT molecular complexity index is 1110. The van der Waals surface area contributed by atoms with E-state index in [4.69, 9.17) is 11.6 Å². The number of carbonyl (C=O) groups excluding carboxylic acids is 1. The van der Waals surface area contributed by atoms with Crippen molar-refractivity contribution in [1.29, 1.82) is 0 Å². The zero-order valence-corrected chi connectivity index (χ0v) is 15.6. The highest BCUT2D eigenvalue weighted by atomic mass is 35.5. The van der Waals surface area contributed by atoms with Gasteiger partial charge in [-0.15, -0.1) is 5.10 Å². The average Bonchev–Trinajstić information content (AvgIpc) is 3.15. The first-order chi connectivity index (χ1) is 14.0. The number of rotatable bonds is 4. The third-order valence-corrected chi connectivity index (χ3v) is 4.32. The quantitative estimate of drug-likeness (QED) is 0.508. The summed E-state index contributed by atoms with van der Waals surface area (Å²) in [6, 6.07) is 18.0. The summed E-state index contributed by atoms with van der Waals surface area (Å²) in [7, 11) is 0. The van der Waals surface area contributed by atoms with Gasteiger partial charge in [-0.2, -0.15) is 0 Å². The first-order valence-corrected chi connectivity index (χ1v) is 8.93. The Kier molecular flexibility index (Phi) is 5.05. The lowest BCUT2D eigenvalue weighted by Crippen LogP contribution is -2.14. The van der Waals surface area contributed by atoms with Crippen LogP contribution >= 0.6 is 11.6 Å². The van der Waals surface area contributed by atoms with Gasteiger partial charge < -0.3 is 5.32 Å². The molecule has 1 aromatic heterocycles. The lowest BCUT2D eigenvalue weighted by Gasteiger charge is -2.06. The van der Waals surface area contributed by atoms with Gasteiger partial charge in [0.15, 0.2) is 5.82 Å². The van der Waals surface area contributed by atoms with Crippen molar-refractivity contribution in [2.24, 2.45) is 0 Å². The Morgan fingerprint density at radius 3 is 2.34 bits per heavy atom. The molecule has 5 nitrogen and oxygen atoms in total. The van der Waals surface area contributed by atoms with Gasteiger partial charge in [-0.05, 0) is 66.7 Å². The number of benzene rings is 3. The van der Waals surface area contributed by atoms with E-state index in [1.165, 1.54) is 35.0 Å². The minimum Gasteiger partial charge on any atom is -0.319 e. The molecular formula is C21H13ClF2N4O. The lowest BCUT2D eigenvalue weighted by atomic mass is 10.2. The fraction of sp³-hybridized carbons (Fsp3) is 0. The second-order valence-corrected chi connectivity index (χ2v) is 6.56. The maximum atomic E-state index is 13.4. The molecule has 0 atom stereocenters. The number of hydrogen-bond acceptors (Lipinski definition) is 3. The minimum atomic E-state index is -0.605. The summed E-state index contributed by atoms with van der Waals surface area (Å²) >= 11 is 5.95. The van der Waals surface area contributed by atoms with Crippen LogP contribution in [0.15, 0.2) is 72.8 Å². The fourth-order valence-corrected chi connectivity index (χ4v) is 2.84. The smallest absolute Gasteiger partial charge is 0.295 e. The van der Waals surface area contributed by atoms with Crippen LogP contribution in [0, 0.1) is 11.6 Å². The van der Waals surface area contributed by atoms with E-state index in [2.05, 4.69) is 15.4 Å². The van der Waals surface area contributed by atoms with Crippen LogP contribution in [0.3, 0.4) is 0 Å². The predicted octanol–water partition coefficient (Wildman–Crippen LogP) is 5.12. The molecule has 0 aliphatic rings. The molecule has 0 radical (unpaired) electrons. The van der Waals surface area contributed by atoms with E-state index in [0.717, 1.165) is 0 Å². The Morgan fingerprint density at radius 1 is 0.931 bits per heavy atom. The van der Waals surface area contributed by atoms with Gasteiger partial charge in [-0.3, -0.25) is 4.79 Å². The summed E-state index contributed by atoms with van der Waals surface area (Å²) in [4.78, 5) is 16.9. The summed E-state index contributed by atoms with van der Waals surface area (Å²) in [5.41, 5.74) is 1.46. The van der Waals surface area contributed by atoms with E-state index >= 15 is 0 Å². The molecule has 8 heteroatoms. The van der Waals surface area contributed by atoms with Crippen molar-refractivity contribution in [3.8, 4) is 17.1 Å². The van der Waals surface area contributed by atoms with Crippen molar-refractivity contribution < 1.29 is 13.6 Å². The summed E-state index contributed by atoms with van der Waals surface area (Å²) in [6.45, 7) is 0. The first kappa shape index (κ1) is 18.8. The zero-order valence-electron chi connectivity index (χ0n) is 14.8. The van der Waals surface area contributed by atoms with Crippen LogP contribution in [-0.4, -0.2) is 20.7 Å². The number of halogens is 3. The molecule has 4 rings (SSSR count). The van der Waals surface area contributed by atoms with Gasteiger partial charge in [0.05, 0.1) is 5.69 Å². The molecule has 0 saturated carbocycles. The van der Waals surface area contributed by atoms with Crippen LogP contribution in [0.1, 0.15) is 10.6 Å². The van der Waals surface area contributed by atoms with E-state index in [1.807, 2.05) is 0 Å². The maximum Gasteiger partial charge on any atom is 0.295 e. The Hall–Kier alpha value is -3.58. The average molecular weight is 411 g/mol. The summed E-state index contributed by atoms with van der Waals surface area (Å²) in [5, 5.41) is 7.40. The van der Waals surface area contributed by atoms with Crippen molar-refractivity contribution in [2.45, 2.75) is 0 Å². The summed E-state index contributed by atoms with van der Waals surface area (Å²) < 4.78 is 28.2. The largest absolute Gasteiger partial charge is 0.319 e. The zero-order chi connectivity index (χ0) is 20.4. The highest BCUT2D eigenvalue weighted by molar-refractivity contribution is 6.30. The van der Waals surface area contributed by atoms with Crippen molar-refractivity contribution >= 4 is 23.2 Å². The van der Waals surface area contributed by atoms with Gasteiger partial charge in [-0.1, -0.05) is 17.7 Å². The van der Waals surface area contributed by atoms with Crippen LogP contribution in [0.2, 0.25) is 5.02 Å². The van der Waals surface area contributed by atoms with Gasteiger partial charge >= 0.3 is 0 Å². The Balaban J connectivity index is 1.75. The molecule has 0 aliphatic heterocycles. The molecule has 0 bridgehead atoms. The molecule has 3 aromatic carbocycles. The molecule has 1 amide bonds. The number of nitrogens with zero attached hydrogens (tertiary/aromatic N) is 3. The maximum absolute atomic E-state index is 13.4. The van der Waals surface area contributed by atoms with E-state index < -0.39 is 17.5 Å². The Labute approximate surface area is 169 Å². The number of nitrogens with one attached hydrogen (secondary N) is 1. The van der Waals surface area contributed by atoms with Crippen LogP contribution in [0.5, 0.6) is 0 Å². The number of amides is 1. The van der Waals surface area contributed by atoms with Crippen molar-refractivity contribution in [1.82, 2.24) is 14.8 Å². The molecule has 0 aliphatic carbocycles. The van der Waals surface area contributed by atoms with Crippen molar-refractivity contribution in [3.05, 3.63) is 95.3 Å². The van der Waals surface area contributed by atoms with Gasteiger partial charge in [-0.25, -0.2) is 18.4 Å². The standard InChI is InChI=1S/C21H13ClF2N4O/c22-14-6-10-18(11-7-14)28-20(13-4-8-15(23)9-5-13)26-19(27-28)21(29)25-17-3-1-2-16(24)12-17/h1-12H,(H,25,29). The topological polar surface area (TPSA) is 59.8 Å². The molecule has 29 heavy (non-hydrogen) atoms. The number of anilines is 1. The third kappa shape index (κ3) is 4.14. The second-order valence-electron chi connectivity index (χ2n) is 6.12.